The maximum absolute atomic E-state index is 11.7. The fourth-order valence-corrected chi connectivity index (χ4v) is 1.29. The summed E-state index contributed by atoms with van der Waals surface area (Å²) in [5, 5.41) is 5.19. The van der Waals surface area contributed by atoms with Crippen LogP contribution in [0.3, 0.4) is 0 Å². The molecular formula is C12H17N3O2. The number of benzene rings is 1. The summed E-state index contributed by atoms with van der Waals surface area (Å²) < 4.78 is 0. The zero-order valence-corrected chi connectivity index (χ0v) is 9.82. The Balaban J connectivity index is 2.45. The number of carbonyl (C=O) groups is 2. The third-order valence-electron chi connectivity index (χ3n) is 2.19. The number of amides is 2. The molecule has 0 saturated carbocycles. The van der Waals surface area contributed by atoms with Crippen molar-refractivity contribution < 1.29 is 9.59 Å². The Labute approximate surface area is 100 Å². The Morgan fingerprint density at radius 3 is 2.59 bits per heavy atom. The van der Waals surface area contributed by atoms with Crippen LogP contribution in [0.5, 0.6) is 0 Å². The Bertz CT molecular complexity index is 404. The molecule has 0 spiro atoms. The molecule has 0 bridgehead atoms. The number of hydrogen-bond donors (Lipinski definition) is 3. The molecule has 1 aromatic rings. The van der Waals surface area contributed by atoms with Crippen LogP contribution in [-0.2, 0) is 4.79 Å². The molecule has 4 N–H and O–H groups in total. The van der Waals surface area contributed by atoms with Gasteiger partial charge in [-0.25, -0.2) is 0 Å². The zero-order chi connectivity index (χ0) is 12.7. The Morgan fingerprint density at radius 2 is 1.94 bits per heavy atom. The maximum atomic E-state index is 11.7. The van der Waals surface area contributed by atoms with Crippen molar-refractivity contribution in [1.29, 1.82) is 0 Å². The second-order valence-electron chi connectivity index (χ2n) is 3.62. The van der Waals surface area contributed by atoms with Crippen molar-refractivity contribution >= 4 is 17.5 Å². The molecule has 1 rings (SSSR count). The van der Waals surface area contributed by atoms with E-state index in [4.69, 9.17) is 5.73 Å². The van der Waals surface area contributed by atoms with E-state index in [1.54, 1.807) is 24.3 Å². The first-order valence-electron chi connectivity index (χ1n) is 5.54. The largest absolute Gasteiger partial charge is 0.398 e. The molecule has 0 atom stereocenters. The van der Waals surface area contributed by atoms with Crippen molar-refractivity contribution in [3.8, 4) is 0 Å². The predicted octanol–water partition coefficient (Wildman–Crippen LogP) is 0.525. The third kappa shape index (κ3) is 4.14. The number of hydrogen-bond acceptors (Lipinski definition) is 3. The molecule has 0 aromatic heterocycles. The summed E-state index contributed by atoms with van der Waals surface area (Å²) in [6.45, 7) is 2.54. The topological polar surface area (TPSA) is 84.2 Å². The van der Waals surface area contributed by atoms with Crippen LogP contribution < -0.4 is 16.4 Å². The van der Waals surface area contributed by atoms with Gasteiger partial charge in [-0.3, -0.25) is 9.59 Å². The fraction of sp³-hybridized carbons (Fsp3) is 0.333. The van der Waals surface area contributed by atoms with Crippen molar-refractivity contribution in [2.45, 2.75) is 13.3 Å². The van der Waals surface area contributed by atoms with Crippen molar-refractivity contribution in [1.82, 2.24) is 10.6 Å². The van der Waals surface area contributed by atoms with Gasteiger partial charge in [0.15, 0.2) is 0 Å². The number of nitrogen functional groups attached to an aromatic ring is 1. The summed E-state index contributed by atoms with van der Waals surface area (Å²) in [5.41, 5.74) is 6.43. The highest BCUT2D eigenvalue weighted by molar-refractivity contribution is 6.00. The molecule has 0 fully saturated rings. The summed E-state index contributed by atoms with van der Waals surface area (Å²) in [5.74, 6) is -0.538. The molecule has 0 heterocycles. The van der Waals surface area contributed by atoms with Crippen LogP contribution in [0.4, 0.5) is 5.69 Å². The van der Waals surface area contributed by atoms with Crippen molar-refractivity contribution in [3.05, 3.63) is 29.8 Å². The zero-order valence-electron chi connectivity index (χ0n) is 9.82. The monoisotopic (exact) mass is 235 g/mol. The first kappa shape index (κ1) is 13.0. The highest BCUT2D eigenvalue weighted by Gasteiger charge is 2.09. The predicted molar refractivity (Wildman–Crippen MR) is 66.5 cm³/mol. The lowest BCUT2D eigenvalue weighted by molar-refractivity contribution is -0.120. The van der Waals surface area contributed by atoms with Crippen LogP contribution in [0, 0.1) is 0 Å². The highest BCUT2D eigenvalue weighted by Crippen LogP contribution is 2.09. The minimum atomic E-state index is -0.338. The molecule has 5 nitrogen and oxygen atoms in total. The third-order valence-corrected chi connectivity index (χ3v) is 2.19. The first-order chi connectivity index (χ1) is 8.15. The van der Waals surface area contributed by atoms with Crippen LogP contribution >= 0.6 is 0 Å². The molecule has 0 aliphatic rings. The van der Waals surface area contributed by atoms with Crippen LogP contribution in [-0.4, -0.2) is 24.9 Å². The van der Waals surface area contributed by atoms with Gasteiger partial charge in [-0.2, -0.15) is 0 Å². The minimum Gasteiger partial charge on any atom is -0.398 e. The lowest BCUT2D eigenvalue weighted by Crippen LogP contribution is -2.37. The molecule has 0 saturated heterocycles. The maximum Gasteiger partial charge on any atom is 0.253 e. The van der Waals surface area contributed by atoms with Gasteiger partial charge in [0.25, 0.3) is 5.91 Å². The lowest BCUT2D eigenvalue weighted by Gasteiger charge is -2.07. The molecule has 1 aromatic carbocycles. The minimum absolute atomic E-state index is 0.0346. The van der Waals surface area contributed by atoms with E-state index in [0.717, 1.165) is 6.42 Å². The van der Waals surface area contributed by atoms with Gasteiger partial charge in [-0.15, -0.1) is 0 Å². The number of anilines is 1. The Kier molecular flexibility index (Phi) is 5.00. The molecule has 5 heteroatoms. The molecule has 2 amide bonds. The van der Waals surface area contributed by atoms with Crippen LogP contribution in [0.15, 0.2) is 24.3 Å². The molecule has 17 heavy (non-hydrogen) atoms. The standard InChI is InChI=1S/C12H17N3O2/c1-2-7-14-11(16)8-15-12(17)9-5-3-4-6-10(9)13/h3-6H,2,7-8,13H2,1H3,(H,14,16)(H,15,17). The highest BCUT2D eigenvalue weighted by atomic mass is 16.2. The smallest absolute Gasteiger partial charge is 0.253 e. The number of rotatable bonds is 5. The van der Waals surface area contributed by atoms with Crippen LogP contribution in [0.25, 0.3) is 0 Å². The number of para-hydroxylation sites is 1. The van der Waals surface area contributed by atoms with Gasteiger partial charge in [-0.05, 0) is 18.6 Å². The lowest BCUT2D eigenvalue weighted by atomic mass is 10.1. The average molecular weight is 235 g/mol. The summed E-state index contributed by atoms with van der Waals surface area (Å²) in [7, 11) is 0. The number of carbonyl (C=O) groups excluding carboxylic acids is 2. The molecule has 0 aliphatic heterocycles. The SMILES string of the molecule is CCCNC(=O)CNC(=O)c1ccccc1N. The van der Waals surface area contributed by atoms with E-state index in [-0.39, 0.29) is 18.4 Å². The van der Waals surface area contributed by atoms with Crippen molar-refractivity contribution in [3.63, 3.8) is 0 Å². The van der Waals surface area contributed by atoms with E-state index >= 15 is 0 Å². The summed E-state index contributed by atoms with van der Waals surface area (Å²) in [6.07, 6.45) is 0.866. The van der Waals surface area contributed by atoms with Crippen molar-refractivity contribution in [2.75, 3.05) is 18.8 Å². The fourth-order valence-electron chi connectivity index (χ4n) is 1.29. The first-order valence-corrected chi connectivity index (χ1v) is 5.54. The van der Waals surface area contributed by atoms with Gasteiger partial charge in [0.2, 0.25) is 5.91 Å². The summed E-state index contributed by atoms with van der Waals surface area (Å²) in [4.78, 5) is 22.9. The number of nitrogens with one attached hydrogen (secondary N) is 2. The van der Waals surface area contributed by atoms with E-state index in [9.17, 15) is 9.59 Å². The van der Waals surface area contributed by atoms with Gasteiger partial charge in [0, 0.05) is 12.2 Å². The van der Waals surface area contributed by atoms with Gasteiger partial charge < -0.3 is 16.4 Å². The molecule has 0 radical (unpaired) electrons. The molecule has 0 unspecified atom stereocenters. The van der Waals surface area contributed by atoms with E-state index in [0.29, 0.717) is 17.8 Å². The molecule has 92 valence electrons. The number of nitrogens with two attached hydrogens (primary N) is 1. The van der Waals surface area contributed by atoms with Gasteiger partial charge in [0.1, 0.15) is 0 Å². The quantitative estimate of drug-likeness (QED) is 0.651. The summed E-state index contributed by atoms with van der Waals surface area (Å²) in [6, 6.07) is 6.74. The average Bonchev–Trinajstić information content (AvgIpc) is 2.34. The van der Waals surface area contributed by atoms with E-state index in [2.05, 4.69) is 10.6 Å². The van der Waals surface area contributed by atoms with E-state index in [1.165, 1.54) is 0 Å². The summed E-state index contributed by atoms with van der Waals surface area (Å²) >= 11 is 0. The van der Waals surface area contributed by atoms with Gasteiger partial charge in [0.05, 0.1) is 12.1 Å². The van der Waals surface area contributed by atoms with Crippen molar-refractivity contribution in [2.24, 2.45) is 0 Å². The Hall–Kier alpha value is -2.04. The molecule has 0 aliphatic carbocycles. The van der Waals surface area contributed by atoms with Gasteiger partial charge in [-0.1, -0.05) is 19.1 Å². The second kappa shape index (κ2) is 6.52. The van der Waals surface area contributed by atoms with E-state index in [1.807, 2.05) is 6.92 Å². The van der Waals surface area contributed by atoms with Crippen LogP contribution in [0.2, 0.25) is 0 Å². The normalized spacial score (nSPS) is 9.71. The Morgan fingerprint density at radius 1 is 1.24 bits per heavy atom. The second-order valence-corrected chi connectivity index (χ2v) is 3.62. The molecular weight excluding hydrogens is 218 g/mol. The van der Waals surface area contributed by atoms with E-state index < -0.39 is 0 Å². The van der Waals surface area contributed by atoms with Crippen LogP contribution in [0.1, 0.15) is 23.7 Å². The van der Waals surface area contributed by atoms with Gasteiger partial charge >= 0.3 is 0 Å².